The normalized spacial score (nSPS) is 24.8. The zero-order valence-corrected chi connectivity index (χ0v) is 16.4. The van der Waals surface area contributed by atoms with Crippen molar-refractivity contribution in [3.63, 3.8) is 0 Å². The van der Waals surface area contributed by atoms with Crippen LogP contribution in [0.2, 0.25) is 0 Å². The monoisotopic (exact) mass is 381 g/mol. The fraction of sp³-hybridized carbons (Fsp3) is 0.667. The molecule has 0 aromatic carbocycles. The van der Waals surface area contributed by atoms with E-state index in [-0.39, 0.29) is 29.1 Å². The Kier molecular flexibility index (Phi) is 5.14. The van der Waals surface area contributed by atoms with Crippen molar-refractivity contribution in [1.29, 1.82) is 0 Å². The highest BCUT2D eigenvalue weighted by atomic mass is 32.2. The first kappa shape index (κ1) is 18.9. The minimum Gasteiger partial charge on any atom is -0.473 e. The van der Waals surface area contributed by atoms with E-state index in [0.717, 1.165) is 18.4 Å². The first-order valence-corrected chi connectivity index (χ1v) is 10.9. The number of anilines is 1. The van der Waals surface area contributed by atoms with Crippen LogP contribution in [0, 0.1) is 12.3 Å². The standard InChI is InChI=1S/C18H27N3O4S/c1-13(2)25-16-15(9-14(3)10-19-16)20-17(22)21-7-4-5-18(11-21)6-8-26(23,24)12-18/h9-10,13H,4-8,11-12H2,1-3H3,(H,20,22). The van der Waals surface area contributed by atoms with E-state index in [1.165, 1.54) is 0 Å². The summed E-state index contributed by atoms with van der Waals surface area (Å²) >= 11 is 0. The molecule has 1 aromatic rings. The van der Waals surface area contributed by atoms with E-state index in [4.69, 9.17) is 4.74 Å². The minimum atomic E-state index is -2.98. The molecule has 3 heterocycles. The van der Waals surface area contributed by atoms with Crippen molar-refractivity contribution in [2.45, 2.75) is 46.1 Å². The number of pyridine rings is 1. The summed E-state index contributed by atoms with van der Waals surface area (Å²) in [4.78, 5) is 18.8. The lowest BCUT2D eigenvalue weighted by atomic mass is 9.80. The molecule has 2 aliphatic rings. The van der Waals surface area contributed by atoms with Gasteiger partial charge >= 0.3 is 6.03 Å². The van der Waals surface area contributed by atoms with E-state index in [9.17, 15) is 13.2 Å². The van der Waals surface area contributed by atoms with Crippen LogP contribution < -0.4 is 10.1 Å². The number of rotatable bonds is 3. The van der Waals surface area contributed by atoms with Gasteiger partial charge in [0.05, 0.1) is 17.6 Å². The van der Waals surface area contributed by atoms with Gasteiger partial charge < -0.3 is 15.0 Å². The van der Waals surface area contributed by atoms with Crippen LogP contribution in [0.25, 0.3) is 0 Å². The lowest BCUT2D eigenvalue weighted by molar-refractivity contribution is 0.129. The third kappa shape index (κ3) is 4.28. The lowest BCUT2D eigenvalue weighted by Gasteiger charge is -2.39. The molecule has 3 rings (SSSR count). The maximum atomic E-state index is 12.8. The number of urea groups is 1. The van der Waals surface area contributed by atoms with E-state index >= 15 is 0 Å². The summed E-state index contributed by atoms with van der Waals surface area (Å²) in [6.07, 6.45) is 3.98. The highest BCUT2D eigenvalue weighted by Gasteiger charge is 2.45. The second-order valence-electron chi connectivity index (χ2n) is 7.83. The summed E-state index contributed by atoms with van der Waals surface area (Å²) in [7, 11) is -2.98. The molecular formula is C18H27N3O4S. The lowest BCUT2D eigenvalue weighted by Crippen LogP contribution is -2.48. The average molecular weight is 381 g/mol. The number of hydrogen-bond donors (Lipinski definition) is 1. The Balaban J connectivity index is 1.73. The van der Waals surface area contributed by atoms with Crippen LogP contribution in [0.4, 0.5) is 10.5 Å². The van der Waals surface area contributed by atoms with E-state index in [2.05, 4.69) is 10.3 Å². The second-order valence-corrected chi connectivity index (χ2v) is 10.0. The first-order valence-electron chi connectivity index (χ1n) is 9.08. The molecule has 0 saturated carbocycles. The topological polar surface area (TPSA) is 88.6 Å². The van der Waals surface area contributed by atoms with Crippen molar-refractivity contribution in [3.8, 4) is 5.88 Å². The highest BCUT2D eigenvalue weighted by molar-refractivity contribution is 7.91. The van der Waals surface area contributed by atoms with Crippen molar-refractivity contribution in [2.24, 2.45) is 5.41 Å². The number of likely N-dealkylation sites (tertiary alicyclic amines) is 1. The molecule has 2 aliphatic heterocycles. The summed E-state index contributed by atoms with van der Waals surface area (Å²) in [6.45, 7) is 6.83. The third-order valence-corrected chi connectivity index (χ3v) is 6.87. The zero-order chi connectivity index (χ0) is 18.9. The van der Waals surface area contributed by atoms with Gasteiger partial charge in [0, 0.05) is 24.7 Å². The number of carbonyl (C=O) groups is 1. The molecule has 1 spiro atoms. The Morgan fingerprint density at radius 3 is 2.81 bits per heavy atom. The molecule has 26 heavy (non-hydrogen) atoms. The SMILES string of the molecule is Cc1cnc(OC(C)C)c(NC(=O)N2CCCC3(CCS(=O)(=O)C3)C2)c1. The number of nitrogens with zero attached hydrogens (tertiary/aromatic N) is 2. The Bertz CT molecular complexity index is 794. The number of amides is 2. The van der Waals surface area contributed by atoms with Gasteiger partial charge in [-0.3, -0.25) is 0 Å². The molecule has 1 atom stereocenters. The predicted octanol–water partition coefficient (Wildman–Crippen LogP) is 2.61. The van der Waals surface area contributed by atoms with E-state index in [1.54, 1.807) is 11.1 Å². The number of aromatic nitrogens is 1. The van der Waals surface area contributed by atoms with Crippen LogP contribution in [-0.2, 0) is 9.84 Å². The molecule has 144 valence electrons. The van der Waals surface area contributed by atoms with Crippen molar-refractivity contribution >= 4 is 21.6 Å². The third-order valence-electron chi connectivity index (χ3n) is 4.99. The van der Waals surface area contributed by atoms with Crippen molar-refractivity contribution < 1.29 is 17.9 Å². The predicted molar refractivity (Wildman–Crippen MR) is 100 cm³/mol. The fourth-order valence-corrected chi connectivity index (χ4v) is 6.04. The molecule has 1 N–H and O–H groups in total. The van der Waals surface area contributed by atoms with Crippen molar-refractivity contribution in [3.05, 3.63) is 17.8 Å². The van der Waals surface area contributed by atoms with Gasteiger partial charge in [-0.2, -0.15) is 0 Å². The van der Waals surface area contributed by atoms with Crippen LogP contribution in [0.3, 0.4) is 0 Å². The maximum Gasteiger partial charge on any atom is 0.322 e. The molecule has 0 aliphatic carbocycles. The van der Waals surface area contributed by atoms with Crippen LogP contribution in [0.15, 0.2) is 12.3 Å². The van der Waals surface area contributed by atoms with E-state index in [1.807, 2.05) is 26.8 Å². The molecular weight excluding hydrogens is 354 g/mol. The molecule has 1 aromatic heterocycles. The highest BCUT2D eigenvalue weighted by Crippen LogP contribution is 2.40. The van der Waals surface area contributed by atoms with E-state index in [0.29, 0.717) is 31.1 Å². The van der Waals surface area contributed by atoms with Crippen molar-refractivity contribution in [1.82, 2.24) is 9.88 Å². The van der Waals surface area contributed by atoms with Gasteiger partial charge in [0.15, 0.2) is 9.84 Å². The summed E-state index contributed by atoms with van der Waals surface area (Å²) in [6, 6.07) is 1.61. The first-order chi connectivity index (χ1) is 12.2. The van der Waals surface area contributed by atoms with Crippen LogP contribution in [-0.4, -0.2) is 55.0 Å². The number of piperidine rings is 1. The summed E-state index contributed by atoms with van der Waals surface area (Å²) in [5.74, 6) is 0.822. The van der Waals surface area contributed by atoms with Crippen molar-refractivity contribution in [2.75, 3.05) is 29.9 Å². The number of aryl methyl sites for hydroxylation is 1. The molecule has 8 heteroatoms. The van der Waals surface area contributed by atoms with Crippen LogP contribution >= 0.6 is 0 Å². The summed E-state index contributed by atoms with van der Waals surface area (Å²) in [5.41, 5.74) is 1.19. The maximum absolute atomic E-state index is 12.8. The van der Waals surface area contributed by atoms with Gasteiger partial charge in [-0.1, -0.05) is 0 Å². The smallest absolute Gasteiger partial charge is 0.322 e. The molecule has 2 fully saturated rings. The number of carbonyl (C=O) groups excluding carboxylic acids is 1. The number of sulfone groups is 1. The molecule has 0 radical (unpaired) electrons. The Hall–Kier alpha value is -1.83. The zero-order valence-electron chi connectivity index (χ0n) is 15.6. The summed E-state index contributed by atoms with van der Waals surface area (Å²) < 4.78 is 29.5. The molecule has 7 nitrogen and oxygen atoms in total. The molecule has 2 amide bonds. The van der Waals surface area contributed by atoms with Gasteiger partial charge in [-0.05, 0) is 51.7 Å². The Morgan fingerprint density at radius 1 is 1.38 bits per heavy atom. The van der Waals surface area contributed by atoms with Gasteiger partial charge in [0.1, 0.15) is 5.69 Å². The number of nitrogens with one attached hydrogen (secondary N) is 1. The Morgan fingerprint density at radius 2 is 2.15 bits per heavy atom. The molecule has 2 saturated heterocycles. The number of ether oxygens (including phenoxy) is 1. The van der Waals surface area contributed by atoms with Gasteiger partial charge in [-0.25, -0.2) is 18.2 Å². The molecule has 0 bridgehead atoms. The van der Waals surface area contributed by atoms with Gasteiger partial charge in [0.25, 0.3) is 0 Å². The average Bonchev–Trinajstić information content (AvgIpc) is 2.84. The quantitative estimate of drug-likeness (QED) is 0.869. The second kappa shape index (κ2) is 7.06. The fourth-order valence-electron chi connectivity index (χ4n) is 3.84. The minimum absolute atomic E-state index is 0.0530. The molecule has 1 unspecified atom stereocenters. The Labute approximate surface area is 155 Å². The number of hydrogen-bond acceptors (Lipinski definition) is 5. The van der Waals surface area contributed by atoms with Crippen LogP contribution in [0.5, 0.6) is 5.88 Å². The van der Waals surface area contributed by atoms with Gasteiger partial charge in [0.2, 0.25) is 5.88 Å². The largest absolute Gasteiger partial charge is 0.473 e. The van der Waals surface area contributed by atoms with Crippen LogP contribution in [0.1, 0.15) is 38.7 Å². The van der Waals surface area contributed by atoms with E-state index < -0.39 is 9.84 Å². The van der Waals surface area contributed by atoms with Gasteiger partial charge in [-0.15, -0.1) is 0 Å². The summed E-state index contributed by atoms with van der Waals surface area (Å²) in [5, 5.41) is 2.90.